The van der Waals surface area contributed by atoms with Crippen LogP contribution in [0.15, 0.2) is 61.8 Å². The van der Waals surface area contributed by atoms with Crippen LogP contribution in [0.1, 0.15) is 96.8 Å². The fourth-order valence-electron chi connectivity index (χ4n) is 12.0. The third-order valence-electron chi connectivity index (χ3n) is 16.1. The Kier molecular flexibility index (Phi) is 15.2. The first kappa shape index (κ1) is 53.5. The van der Waals surface area contributed by atoms with Crippen molar-refractivity contribution in [2.24, 2.45) is 17.3 Å². The number of benzene rings is 1. The SMILES string of the molecule is C=CC(=O)N1CCOC2(CCN(C(=O)N(C)[C@H](C(=O)NC3(C=C)Cc4nsc(n4)-c4ccc5c(c4)c(c(-c4cccnc4[C@H](C)OC)n5CC)CC(C)(C)COC(=O)[C@@H]4CCCN(C3=O)[N+]3=CCC43)C(C)C)CC2)C1. The molecule has 0 radical (unpaired) electrons. The van der Waals surface area contributed by atoms with Crippen LogP contribution < -0.4 is 5.32 Å². The molecular weight excluding hydrogens is 973 g/mol. The minimum atomic E-state index is -1.79. The zero-order chi connectivity index (χ0) is 53.6. The second kappa shape index (κ2) is 21.4. The van der Waals surface area contributed by atoms with Crippen molar-refractivity contribution in [3.05, 3.63) is 78.9 Å². The second-order valence-electron chi connectivity index (χ2n) is 22.0. The van der Waals surface area contributed by atoms with Crippen LogP contribution in [0.2, 0.25) is 0 Å². The Hall–Kier alpha value is -6.31. The van der Waals surface area contributed by atoms with Crippen molar-refractivity contribution in [2.45, 2.75) is 122 Å². The molecule has 400 valence electrons. The van der Waals surface area contributed by atoms with E-state index in [1.807, 2.05) is 43.8 Å². The van der Waals surface area contributed by atoms with Gasteiger partial charge in [0.2, 0.25) is 17.9 Å². The van der Waals surface area contributed by atoms with Crippen molar-refractivity contribution in [3.63, 3.8) is 0 Å². The highest BCUT2D eigenvalue weighted by Gasteiger charge is 2.54. The highest BCUT2D eigenvalue weighted by atomic mass is 32.1. The minimum absolute atomic E-state index is 0.139. The van der Waals surface area contributed by atoms with E-state index >= 15 is 9.59 Å². The summed E-state index contributed by atoms with van der Waals surface area (Å²) in [6, 6.07) is 8.64. The molecule has 1 N–H and O–H groups in total. The van der Waals surface area contributed by atoms with E-state index in [0.717, 1.165) is 39.0 Å². The molecule has 5 amide bonds. The lowest BCUT2D eigenvalue weighted by Crippen LogP contribution is -2.67. The number of rotatable bonds is 10. The molecule has 6 bridgehead atoms. The molecule has 1 aromatic carbocycles. The van der Waals surface area contributed by atoms with E-state index in [4.69, 9.17) is 28.6 Å². The maximum Gasteiger partial charge on any atom is 0.320 e. The number of hydrogen-bond acceptors (Lipinski definition) is 12. The Balaban J connectivity index is 1.08. The van der Waals surface area contributed by atoms with Crippen LogP contribution in [-0.2, 0) is 52.8 Å². The average molecular weight is 1050 g/mol. The molecule has 0 saturated carbocycles. The summed E-state index contributed by atoms with van der Waals surface area (Å²) in [5.41, 5.74) is 2.86. The Bertz CT molecular complexity index is 2920. The number of hydrazine groups is 1. The molecular formula is C56H73N10O8S+. The molecule has 5 aliphatic heterocycles. The maximum atomic E-state index is 15.6. The van der Waals surface area contributed by atoms with Gasteiger partial charge in [0.05, 0.1) is 55.8 Å². The van der Waals surface area contributed by atoms with Gasteiger partial charge in [-0.25, -0.2) is 9.78 Å². The van der Waals surface area contributed by atoms with E-state index in [2.05, 4.69) is 62.0 Å². The zero-order valence-corrected chi connectivity index (χ0v) is 45.6. The zero-order valence-electron chi connectivity index (χ0n) is 44.8. The summed E-state index contributed by atoms with van der Waals surface area (Å²) in [5, 5.41) is 6.41. The number of methoxy groups -OCH3 is 1. The maximum absolute atomic E-state index is 15.6. The first-order valence-electron chi connectivity index (χ1n) is 26.5. The van der Waals surface area contributed by atoms with Crippen molar-refractivity contribution in [1.29, 1.82) is 0 Å². The van der Waals surface area contributed by atoms with E-state index in [9.17, 15) is 14.4 Å². The lowest BCUT2D eigenvalue weighted by atomic mass is 9.84. The number of carbonyl (C=O) groups is 5. The van der Waals surface area contributed by atoms with Crippen LogP contribution in [0.4, 0.5) is 4.79 Å². The van der Waals surface area contributed by atoms with Crippen molar-refractivity contribution < 1.29 is 42.9 Å². The summed E-state index contributed by atoms with van der Waals surface area (Å²) < 4.78 is 27.4. The molecule has 8 heterocycles. The number of piperidine rings is 1. The normalized spacial score (nSPS) is 23.5. The van der Waals surface area contributed by atoms with Gasteiger partial charge in [-0.3, -0.25) is 24.2 Å². The van der Waals surface area contributed by atoms with Gasteiger partial charge in [-0.2, -0.15) is 4.37 Å². The number of aryl methyl sites for hydroxylation is 1. The molecule has 5 atom stereocenters. The number of carbonyl (C=O) groups excluding carboxylic acids is 5. The van der Waals surface area contributed by atoms with Gasteiger partial charge >= 0.3 is 17.9 Å². The molecule has 5 aliphatic rings. The lowest BCUT2D eigenvalue weighted by Gasteiger charge is -2.48. The summed E-state index contributed by atoms with van der Waals surface area (Å²) in [4.78, 5) is 86.9. The number of ether oxygens (including phenoxy) is 3. The van der Waals surface area contributed by atoms with E-state index < -0.39 is 40.3 Å². The predicted octanol–water partition coefficient (Wildman–Crippen LogP) is 6.62. The quantitative estimate of drug-likeness (QED) is 0.0779. The molecule has 1 spiro atoms. The number of hydrazone groups is 1. The Morgan fingerprint density at radius 2 is 1.84 bits per heavy atom. The van der Waals surface area contributed by atoms with Gasteiger partial charge in [-0.05, 0) is 105 Å². The number of amides is 5. The highest BCUT2D eigenvalue weighted by molar-refractivity contribution is 7.09. The number of fused-ring (bicyclic) bond motifs is 4. The van der Waals surface area contributed by atoms with Gasteiger partial charge in [0.1, 0.15) is 28.3 Å². The van der Waals surface area contributed by atoms with Crippen LogP contribution in [-0.4, -0.2) is 163 Å². The summed E-state index contributed by atoms with van der Waals surface area (Å²) in [6.07, 6.45) is 9.22. The molecule has 3 saturated heterocycles. The molecule has 9 rings (SSSR count). The van der Waals surface area contributed by atoms with Crippen LogP contribution >= 0.6 is 11.5 Å². The molecule has 3 fully saturated rings. The van der Waals surface area contributed by atoms with Crippen molar-refractivity contribution in [2.75, 3.05) is 60.1 Å². The Morgan fingerprint density at radius 3 is 2.52 bits per heavy atom. The minimum Gasteiger partial charge on any atom is -0.465 e. The summed E-state index contributed by atoms with van der Waals surface area (Å²) >= 11 is 1.21. The smallest absolute Gasteiger partial charge is 0.320 e. The van der Waals surface area contributed by atoms with Crippen molar-refractivity contribution in [3.8, 4) is 21.8 Å². The average Bonchev–Trinajstić information content (AvgIpc) is 3.97. The van der Waals surface area contributed by atoms with Crippen LogP contribution in [0.3, 0.4) is 0 Å². The van der Waals surface area contributed by atoms with Gasteiger partial charge in [-0.15, -0.1) is 16.3 Å². The number of pyridine rings is 1. The predicted molar refractivity (Wildman–Crippen MR) is 286 cm³/mol. The molecule has 19 heteroatoms. The fraction of sp³-hybridized carbons (Fsp3) is 0.554. The topological polar surface area (TPSA) is 185 Å². The molecule has 0 aliphatic carbocycles. The first-order chi connectivity index (χ1) is 35.9. The number of esters is 1. The number of aromatic nitrogens is 4. The molecule has 75 heavy (non-hydrogen) atoms. The molecule has 4 aromatic rings. The number of nitrogens with one attached hydrogen (secondary N) is 1. The van der Waals surface area contributed by atoms with Crippen LogP contribution in [0, 0.1) is 17.3 Å². The molecule has 18 nitrogen and oxygen atoms in total. The number of cyclic esters (lactones) is 1. The summed E-state index contributed by atoms with van der Waals surface area (Å²) in [7, 11) is 3.30. The third kappa shape index (κ3) is 10.1. The number of morpholine rings is 1. The van der Waals surface area contributed by atoms with E-state index in [1.54, 1.807) is 35.2 Å². The van der Waals surface area contributed by atoms with Crippen molar-refractivity contribution in [1.82, 2.24) is 43.9 Å². The molecule has 2 unspecified atom stereocenters. The van der Waals surface area contributed by atoms with E-state index in [-0.39, 0.29) is 55.5 Å². The van der Waals surface area contributed by atoms with E-state index in [0.29, 0.717) is 88.7 Å². The van der Waals surface area contributed by atoms with Gasteiger partial charge in [0, 0.05) is 80.4 Å². The highest BCUT2D eigenvalue weighted by Crippen LogP contribution is 2.43. The second-order valence-corrected chi connectivity index (χ2v) is 22.8. The van der Waals surface area contributed by atoms with Gasteiger partial charge < -0.3 is 38.8 Å². The van der Waals surface area contributed by atoms with Crippen LogP contribution in [0.25, 0.3) is 32.7 Å². The summed E-state index contributed by atoms with van der Waals surface area (Å²) in [5.74, 6) is -2.01. The number of likely N-dealkylation sites (tertiary alicyclic amines) is 1. The van der Waals surface area contributed by atoms with Gasteiger partial charge in [0.15, 0.2) is 6.21 Å². The molecule has 3 aromatic heterocycles. The monoisotopic (exact) mass is 1050 g/mol. The Labute approximate surface area is 443 Å². The third-order valence-corrected chi connectivity index (χ3v) is 16.9. The fourth-order valence-corrected chi connectivity index (χ4v) is 12.6. The Morgan fingerprint density at radius 1 is 1.07 bits per heavy atom. The standard InChI is InChI=1S/C56H72N10O8S/c1-11-45(67)63-28-29-74-55(33-63)21-26-62(27-22-55)53(71)61(9)47(35(4)5)49(68)59-56(12-2)32-44-58-50(75-60-44)37-18-19-42-40(30-37)41(48(64(42)13-3)39-16-14-23-57-46(39)36(6)72-10)31-54(7,8)34-73-51(69)38-17-15-24-66(52(56)70)65-25-20-43(38)65/h11-12,14,16,18-19,23,25,30,35-36,38,43,47H,1-2,13,15,17,20-22,24,26-29,31-34H2,3-10H3/p+1/t36-,38+,43?,47-,56?/m0/s1. The lowest BCUT2D eigenvalue weighted by molar-refractivity contribution is -0.717. The first-order valence-corrected chi connectivity index (χ1v) is 27.2. The summed E-state index contributed by atoms with van der Waals surface area (Å²) in [6.45, 7) is 23.1. The van der Waals surface area contributed by atoms with E-state index in [1.165, 1.54) is 28.6 Å². The van der Waals surface area contributed by atoms with Crippen molar-refractivity contribution >= 4 is 58.4 Å². The van der Waals surface area contributed by atoms with Gasteiger partial charge in [-0.1, -0.05) is 40.3 Å². The number of nitrogens with zero attached hydrogens (tertiary/aromatic N) is 9. The number of urea groups is 1. The number of likely N-dealkylation sites (N-methyl/N-ethyl adjacent to an activating group) is 1. The number of hydrogen-bond donors (Lipinski definition) is 1. The van der Waals surface area contributed by atoms with Gasteiger partial charge in [0.25, 0.3) is 0 Å². The van der Waals surface area contributed by atoms with Crippen LogP contribution in [0.5, 0.6) is 0 Å². The largest absolute Gasteiger partial charge is 0.465 e.